The number of ether oxygens (including phenoxy) is 1. The number of fused-ring (bicyclic) bond motifs is 1. The quantitative estimate of drug-likeness (QED) is 0.165. The molecule has 0 saturated carbocycles. The van der Waals surface area contributed by atoms with Crippen LogP contribution < -0.4 is 5.73 Å². The Morgan fingerprint density at radius 2 is 1.81 bits per heavy atom. The Hall–Kier alpha value is -3.28. The van der Waals surface area contributed by atoms with E-state index in [9.17, 15) is 13.2 Å². The average Bonchev–Trinajstić information content (AvgIpc) is 3.40. The van der Waals surface area contributed by atoms with E-state index < -0.39 is 23.2 Å². The molecule has 0 radical (unpaired) electrons. The third-order valence-corrected chi connectivity index (χ3v) is 10.0. The van der Waals surface area contributed by atoms with Gasteiger partial charge in [-0.1, -0.05) is 50.0 Å². The molecule has 2 aromatic heterocycles. The van der Waals surface area contributed by atoms with E-state index in [4.69, 9.17) is 10.5 Å². The molecule has 0 unspecified atom stereocenters. The largest absolute Gasteiger partial charge is 0.369 e. The van der Waals surface area contributed by atoms with Crippen LogP contribution in [0, 0.1) is 0 Å². The van der Waals surface area contributed by atoms with Gasteiger partial charge < -0.3 is 15.5 Å². The summed E-state index contributed by atoms with van der Waals surface area (Å²) in [6, 6.07) is 13.8. The summed E-state index contributed by atoms with van der Waals surface area (Å²) < 4.78 is 34.4. The summed E-state index contributed by atoms with van der Waals surface area (Å²) in [6.07, 6.45) is 0.691. The first kappa shape index (κ1) is 26.8. The van der Waals surface area contributed by atoms with Crippen LogP contribution in [-0.4, -0.2) is 54.2 Å². The van der Waals surface area contributed by atoms with Crippen LogP contribution in [0.15, 0.2) is 47.4 Å². The van der Waals surface area contributed by atoms with Gasteiger partial charge in [0.25, 0.3) is 0 Å². The van der Waals surface area contributed by atoms with E-state index in [1.165, 1.54) is 0 Å². The first-order chi connectivity index (χ1) is 17.4. The molecule has 0 bridgehead atoms. The molecule has 0 fully saturated rings. The van der Waals surface area contributed by atoms with Crippen LogP contribution in [0.4, 0.5) is 5.95 Å². The van der Waals surface area contributed by atoms with Gasteiger partial charge >= 0.3 is 0 Å². The zero-order chi connectivity index (χ0) is 27.0. The third-order valence-electron chi connectivity index (χ3n) is 6.14. The fourth-order valence-corrected chi connectivity index (χ4v) is 6.01. The minimum Gasteiger partial charge on any atom is -0.369 e. The highest BCUT2D eigenvalue weighted by Gasteiger charge is 2.27. The smallest absolute Gasteiger partial charge is 0.198 e. The van der Waals surface area contributed by atoms with E-state index in [1.807, 2.05) is 30.3 Å². The monoisotopic (exact) mass is 539 g/mol. The topological polar surface area (TPSA) is 133 Å². The summed E-state index contributed by atoms with van der Waals surface area (Å²) in [4.78, 5) is 24.0. The second-order valence-electron chi connectivity index (χ2n) is 10.5. The summed E-state index contributed by atoms with van der Waals surface area (Å²) >= 11 is 0. The summed E-state index contributed by atoms with van der Waals surface area (Å²) in [5.41, 5.74) is 9.16. The van der Waals surface area contributed by atoms with Crippen LogP contribution >= 0.6 is 0 Å². The lowest BCUT2D eigenvalue weighted by Gasteiger charge is -2.17. The fourth-order valence-electron chi connectivity index (χ4n) is 4.03. The Kier molecular flexibility index (Phi) is 7.40. The van der Waals surface area contributed by atoms with Gasteiger partial charge in [0.2, 0.25) is 0 Å². The molecule has 0 aliphatic rings. The number of benzene rings is 2. The van der Waals surface area contributed by atoms with Crippen molar-refractivity contribution in [3.63, 3.8) is 0 Å². The minimum atomic E-state index is -3.71. The number of aromatic nitrogens is 4. The van der Waals surface area contributed by atoms with Crippen LogP contribution in [0.2, 0.25) is 25.7 Å². The number of nitrogen functional groups attached to an aromatic ring is 1. The molecule has 0 aliphatic carbocycles. The zero-order valence-corrected chi connectivity index (χ0v) is 23.6. The Labute approximate surface area is 218 Å². The van der Waals surface area contributed by atoms with Gasteiger partial charge in [-0.05, 0) is 32.0 Å². The highest BCUT2D eigenvalue weighted by Crippen LogP contribution is 2.37. The van der Waals surface area contributed by atoms with E-state index in [1.54, 1.807) is 30.5 Å². The van der Waals surface area contributed by atoms with Gasteiger partial charge in [-0.15, -0.1) is 0 Å². The molecule has 0 spiro atoms. The summed E-state index contributed by atoms with van der Waals surface area (Å²) in [7, 11) is -5.03. The Bertz CT molecular complexity index is 1540. The molecule has 4 rings (SSSR count). The number of anilines is 1. The lowest BCUT2D eigenvalue weighted by atomic mass is 10.0. The fraction of sp³-hybridized carbons (Fsp3) is 0.346. The van der Waals surface area contributed by atoms with Gasteiger partial charge in [-0.25, -0.2) is 18.4 Å². The van der Waals surface area contributed by atoms with Gasteiger partial charge in [0.1, 0.15) is 12.2 Å². The molecule has 11 heteroatoms. The van der Waals surface area contributed by atoms with Crippen molar-refractivity contribution in [2.45, 2.75) is 56.4 Å². The number of aldehydes is 1. The van der Waals surface area contributed by atoms with Crippen molar-refractivity contribution in [1.82, 2.24) is 19.5 Å². The van der Waals surface area contributed by atoms with Crippen LogP contribution in [0.1, 0.15) is 24.5 Å². The van der Waals surface area contributed by atoms with Crippen LogP contribution in [-0.2, 0) is 21.3 Å². The minimum absolute atomic E-state index is 0.0713. The zero-order valence-electron chi connectivity index (χ0n) is 21.8. The maximum Gasteiger partial charge on any atom is 0.198 e. The number of nitrogens with zero attached hydrogens (tertiary/aromatic N) is 3. The molecule has 0 atom stereocenters. The molecule has 2 aromatic carbocycles. The first-order valence-electron chi connectivity index (χ1n) is 12.1. The number of aromatic amines is 1. The highest BCUT2D eigenvalue weighted by molar-refractivity contribution is 7.92. The Balaban J connectivity index is 1.96. The lowest BCUT2D eigenvalue weighted by Crippen LogP contribution is -2.22. The molecule has 0 amide bonds. The first-order valence-corrected chi connectivity index (χ1v) is 17.4. The predicted molar refractivity (Wildman–Crippen MR) is 149 cm³/mol. The molecule has 0 aliphatic heterocycles. The van der Waals surface area contributed by atoms with Crippen LogP contribution in [0.25, 0.3) is 33.5 Å². The van der Waals surface area contributed by atoms with E-state index >= 15 is 0 Å². The number of carbonyl (C=O) groups is 1. The van der Waals surface area contributed by atoms with Gasteiger partial charge in [-0.2, -0.15) is 0 Å². The number of H-pyrrole nitrogens is 1. The van der Waals surface area contributed by atoms with Crippen molar-refractivity contribution in [3.8, 4) is 22.5 Å². The van der Waals surface area contributed by atoms with Gasteiger partial charge in [0, 0.05) is 25.8 Å². The van der Waals surface area contributed by atoms with E-state index in [0.29, 0.717) is 35.4 Å². The number of rotatable bonds is 10. The molecular formula is C26H33N5O4SSi. The third kappa shape index (κ3) is 5.53. The van der Waals surface area contributed by atoms with Gasteiger partial charge in [0.05, 0.1) is 27.0 Å². The lowest BCUT2D eigenvalue weighted by molar-refractivity contribution is 0.0841. The Morgan fingerprint density at radius 3 is 2.43 bits per heavy atom. The summed E-state index contributed by atoms with van der Waals surface area (Å²) in [6.45, 7) is 10.7. The van der Waals surface area contributed by atoms with Crippen LogP contribution in [0.5, 0.6) is 0 Å². The number of carbonyl (C=O) groups excluding carboxylic acids is 1. The Morgan fingerprint density at radius 1 is 1.11 bits per heavy atom. The molecular weight excluding hydrogens is 506 g/mol. The number of nitrogens with one attached hydrogen (secondary N) is 1. The summed E-state index contributed by atoms with van der Waals surface area (Å²) in [5, 5.41) is -0.669. The molecule has 2 heterocycles. The number of nitrogens with two attached hydrogens (primary N) is 1. The second kappa shape index (κ2) is 10.2. The van der Waals surface area contributed by atoms with E-state index in [0.717, 1.165) is 11.6 Å². The predicted octanol–water partition coefficient (Wildman–Crippen LogP) is 4.98. The number of hydrogen-bond acceptors (Lipinski definition) is 7. The molecule has 4 aromatic rings. The number of sulfone groups is 1. The van der Waals surface area contributed by atoms with Crippen molar-refractivity contribution in [3.05, 3.63) is 48.3 Å². The van der Waals surface area contributed by atoms with Gasteiger partial charge in [-0.3, -0.25) is 9.36 Å². The molecule has 37 heavy (non-hydrogen) atoms. The van der Waals surface area contributed by atoms with E-state index in [-0.39, 0.29) is 28.9 Å². The van der Waals surface area contributed by atoms with Gasteiger partial charge in [0.15, 0.2) is 27.9 Å². The average molecular weight is 540 g/mol. The molecule has 0 saturated heterocycles. The maximum atomic E-state index is 13.4. The SMILES string of the molecule is CC(C)S(=O)(=O)c1cc(-c2c(-c3ccccc3)nc(C=O)n2COCC[Si](C)(C)C)cc2[nH]c(N)nc12. The van der Waals surface area contributed by atoms with Crippen molar-refractivity contribution >= 4 is 41.2 Å². The molecule has 196 valence electrons. The van der Waals surface area contributed by atoms with E-state index in [2.05, 4.69) is 34.6 Å². The van der Waals surface area contributed by atoms with Crippen LogP contribution in [0.3, 0.4) is 0 Å². The molecule has 9 nitrogen and oxygen atoms in total. The highest BCUT2D eigenvalue weighted by atomic mass is 32.2. The van der Waals surface area contributed by atoms with Crippen molar-refractivity contribution in [2.75, 3.05) is 12.3 Å². The van der Waals surface area contributed by atoms with Crippen molar-refractivity contribution in [2.24, 2.45) is 0 Å². The van der Waals surface area contributed by atoms with Crippen molar-refractivity contribution < 1.29 is 17.9 Å². The number of imidazole rings is 2. The maximum absolute atomic E-state index is 13.4. The normalized spacial score (nSPS) is 12.5. The standard InChI is InChI=1S/C26H33N5O4SSi/c1-17(2)36(33,34)21-14-19(13-20-24(21)30-26(27)28-20)25-23(18-9-7-6-8-10-18)29-22(15-32)31(25)16-35-11-12-37(3,4)5/h6-10,13-15,17H,11-12,16H2,1-5H3,(H3,27,28,30). The van der Waals surface area contributed by atoms with Crippen molar-refractivity contribution in [1.29, 1.82) is 0 Å². The second-order valence-corrected chi connectivity index (χ2v) is 18.6. The molecule has 3 N–H and O–H groups in total. The summed E-state index contributed by atoms with van der Waals surface area (Å²) in [5.74, 6) is 0.312. The number of hydrogen-bond donors (Lipinski definition) is 2.